The SMILES string of the molecule is CCC(Oc1ccccc1OC)C(=O)Nc1ccc(I)cc1. The lowest BCUT2D eigenvalue weighted by Gasteiger charge is -2.18. The maximum atomic E-state index is 12.4. The summed E-state index contributed by atoms with van der Waals surface area (Å²) >= 11 is 2.22. The van der Waals surface area contributed by atoms with Gasteiger partial charge in [-0.1, -0.05) is 19.1 Å². The number of rotatable bonds is 6. The lowest BCUT2D eigenvalue weighted by molar-refractivity contribution is -0.122. The third-order valence-electron chi connectivity index (χ3n) is 3.11. The molecule has 0 saturated carbocycles. The Balaban J connectivity index is 2.07. The third kappa shape index (κ3) is 4.37. The van der Waals surface area contributed by atoms with Crippen molar-refractivity contribution in [1.82, 2.24) is 0 Å². The van der Waals surface area contributed by atoms with Gasteiger partial charge in [0.25, 0.3) is 5.91 Å². The molecule has 1 atom stereocenters. The number of hydrogen-bond donors (Lipinski definition) is 1. The predicted octanol–water partition coefficient (Wildman–Crippen LogP) is 4.10. The highest BCUT2D eigenvalue weighted by molar-refractivity contribution is 14.1. The molecule has 4 nitrogen and oxygen atoms in total. The molecule has 2 rings (SSSR count). The third-order valence-corrected chi connectivity index (χ3v) is 3.83. The summed E-state index contributed by atoms with van der Waals surface area (Å²) in [5.74, 6) is 1.01. The van der Waals surface area contributed by atoms with Gasteiger partial charge in [-0.2, -0.15) is 0 Å². The van der Waals surface area contributed by atoms with Crippen LogP contribution >= 0.6 is 22.6 Å². The Labute approximate surface area is 144 Å². The van der Waals surface area contributed by atoms with Crippen LogP contribution in [0.25, 0.3) is 0 Å². The number of carbonyl (C=O) groups excluding carboxylic acids is 1. The molecule has 1 amide bonds. The highest BCUT2D eigenvalue weighted by Crippen LogP contribution is 2.27. The largest absolute Gasteiger partial charge is 0.493 e. The van der Waals surface area contributed by atoms with Gasteiger partial charge in [-0.05, 0) is 65.4 Å². The molecule has 0 aromatic heterocycles. The molecule has 1 unspecified atom stereocenters. The van der Waals surface area contributed by atoms with Gasteiger partial charge in [-0.25, -0.2) is 0 Å². The number of ether oxygens (including phenoxy) is 2. The van der Waals surface area contributed by atoms with Crippen molar-refractivity contribution < 1.29 is 14.3 Å². The average Bonchev–Trinajstić information content (AvgIpc) is 2.55. The van der Waals surface area contributed by atoms with E-state index in [0.717, 1.165) is 9.26 Å². The van der Waals surface area contributed by atoms with Crippen LogP contribution in [0.4, 0.5) is 5.69 Å². The molecule has 0 aliphatic heterocycles. The van der Waals surface area contributed by atoms with E-state index in [9.17, 15) is 4.79 Å². The second-order valence-electron chi connectivity index (χ2n) is 4.66. The van der Waals surface area contributed by atoms with Crippen molar-refractivity contribution in [2.75, 3.05) is 12.4 Å². The molecule has 0 heterocycles. The highest BCUT2D eigenvalue weighted by atomic mass is 127. The normalized spacial score (nSPS) is 11.6. The van der Waals surface area contributed by atoms with Gasteiger partial charge in [-0.15, -0.1) is 0 Å². The molecule has 1 N–H and O–H groups in total. The van der Waals surface area contributed by atoms with Crippen LogP contribution in [0.1, 0.15) is 13.3 Å². The second kappa shape index (κ2) is 8.03. The van der Waals surface area contributed by atoms with Gasteiger partial charge in [0.1, 0.15) is 0 Å². The van der Waals surface area contributed by atoms with Crippen molar-refractivity contribution in [3.8, 4) is 11.5 Å². The van der Waals surface area contributed by atoms with E-state index in [0.29, 0.717) is 17.9 Å². The number of carbonyl (C=O) groups is 1. The van der Waals surface area contributed by atoms with Crippen LogP contribution in [-0.2, 0) is 4.79 Å². The molecule has 0 saturated heterocycles. The molecule has 0 fully saturated rings. The number of amides is 1. The van der Waals surface area contributed by atoms with Crippen LogP contribution in [0.5, 0.6) is 11.5 Å². The van der Waals surface area contributed by atoms with Gasteiger partial charge >= 0.3 is 0 Å². The molecule has 0 aliphatic rings. The van der Waals surface area contributed by atoms with Gasteiger partial charge in [0, 0.05) is 9.26 Å². The molecule has 22 heavy (non-hydrogen) atoms. The van der Waals surface area contributed by atoms with Crippen molar-refractivity contribution >= 4 is 34.2 Å². The Morgan fingerprint density at radius 3 is 2.36 bits per heavy atom. The zero-order valence-corrected chi connectivity index (χ0v) is 14.7. The van der Waals surface area contributed by atoms with E-state index in [1.54, 1.807) is 19.2 Å². The number of anilines is 1. The van der Waals surface area contributed by atoms with Crippen LogP contribution in [0.3, 0.4) is 0 Å². The van der Waals surface area contributed by atoms with Crippen molar-refractivity contribution in [3.63, 3.8) is 0 Å². The minimum atomic E-state index is -0.574. The van der Waals surface area contributed by atoms with Crippen molar-refractivity contribution in [3.05, 3.63) is 52.1 Å². The zero-order valence-electron chi connectivity index (χ0n) is 12.5. The number of halogens is 1. The van der Waals surface area contributed by atoms with Crippen LogP contribution in [0.15, 0.2) is 48.5 Å². The lowest BCUT2D eigenvalue weighted by Crippen LogP contribution is -2.32. The summed E-state index contributed by atoms with van der Waals surface area (Å²) in [6, 6.07) is 14.9. The monoisotopic (exact) mass is 411 g/mol. The quantitative estimate of drug-likeness (QED) is 0.729. The van der Waals surface area contributed by atoms with Crippen LogP contribution in [0, 0.1) is 3.57 Å². The first-order valence-electron chi connectivity index (χ1n) is 7.00. The summed E-state index contributed by atoms with van der Waals surface area (Å²) in [5.41, 5.74) is 0.757. The number of hydrogen-bond acceptors (Lipinski definition) is 3. The zero-order chi connectivity index (χ0) is 15.9. The number of methoxy groups -OCH3 is 1. The molecule has 116 valence electrons. The molecule has 5 heteroatoms. The molecular formula is C17H18INO3. The van der Waals surface area contributed by atoms with E-state index in [2.05, 4.69) is 27.9 Å². The number of para-hydroxylation sites is 2. The summed E-state index contributed by atoms with van der Waals surface area (Å²) in [6.45, 7) is 1.91. The smallest absolute Gasteiger partial charge is 0.265 e. The molecule has 2 aromatic rings. The number of benzene rings is 2. The van der Waals surface area contributed by atoms with Gasteiger partial charge < -0.3 is 14.8 Å². The maximum Gasteiger partial charge on any atom is 0.265 e. The number of nitrogens with one attached hydrogen (secondary N) is 1. The van der Waals surface area contributed by atoms with Gasteiger partial charge in [0.05, 0.1) is 7.11 Å². The first kappa shape index (κ1) is 16.6. The molecular weight excluding hydrogens is 393 g/mol. The standard InChI is InChI=1S/C17H18INO3/c1-3-14(22-16-7-5-4-6-15(16)21-2)17(20)19-13-10-8-12(18)9-11-13/h4-11,14H,3H2,1-2H3,(H,19,20). The van der Waals surface area contributed by atoms with Gasteiger partial charge in [-0.3, -0.25) is 4.79 Å². The van der Waals surface area contributed by atoms with Crippen LogP contribution < -0.4 is 14.8 Å². The molecule has 0 aliphatic carbocycles. The predicted molar refractivity (Wildman–Crippen MR) is 95.5 cm³/mol. The summed E-state index contributed by atoms with van der Waals surface area (Å²) in [7, 11) is 1.58. The Bertz CT molecular complexity index is 628. The second-order valence-corrected chi connectivity index (χ2v) is 5.91. The van der Waals surface area contributed by atoms with E-state index in [1.165, 1.54) is 0 Å². The molecule has 0 spiro atoms. The van der Waals surface area contributed by atoms with Crippen molar-refractivity contribution in [1.29, 1.82) is 0 Å². The summed E-state index contributed by atoms with van der Waals surface area (Å²) in [6.07, 6.45) is -0.00980. The fraction of sp³-hybridized carbons (Fsp3) is 0.235. The Morgan fingerprint density at radius 2 is 1.77 bits per heavy atom. The van der Waals surface area contributed by atoms with Crippen LogP contribution in [0.2, 0.25) is 0 Å². The first-order chi connectivity index (χ1) is 10.6. The minimum Gasteiger partial charge on any atom is -0.493 e. The Kier molecular flexibility index (Phi) is 6.06. The average molecular weight is 411 g/mol. The van der Waals surface area contributed by atoms with Crippen molar-refractivity contribution in [2.45, 2.75) is 19.4 Å². The summed E-state index contributed by atoms with van der Waals surface area (Å²) < 4.78 is 12.2. The van der Waals surface area contributed by atoms with Crippen molar-refractivity contribution in [2.24, 2.45) is 0 Å². The van der Waals surface area contributed by atoms with E-state index in [1.807, 2.05) is 43.3 Å². The van der Waals surface area contributed by atoms with Gasteiger partial charge in [0.15, 0.2) is 17.6 Å². The molecule has 2 aromatic carbocycles. The van der Waals surface area contributed by atoms with E-state index in [-0.39, 0.29) is 5.91 Å². The topological polar surface area (TPSA) is 47.6 Å². The van der Waals surface area contributed by atoms with E-state index >= 15 is 0 Å². The summed E-state index contributed by atoms with van der Waals surface area (Å²) in [5, 5.41) is 2.87. The van der Waals surface area contributed by atoms with Gasteiger partial charge in [0.2, 0.25) is 0 Å². The Morgan fingerprint density at radius 1 is 1.14 bits per heavy atom. The van der Waals surface area contributed by atoms with Crippen LogP contribution in [-0.4, -0.2) is 19.1 Å². The van der Waals surface area contributed by atoms with E-state index < -0.39 is 6.10 Å². The molecule has 0 bridgehead atoms. The molecule has 0 radical (unpaired) electrons. The minimum absolute atomic E-state index is 0.172. The maximum absolute atomic E-state index is 12.4. The lowest BCUT2D eigenvalue weighted by atomic mass is 10.2. The Hall–Kier alpha value is -1.76. The fourth-order valence-electron chi connectivity index (χ4n) is 1.95. The van der Waals surface area contributed by atoms with E-state index in [4.69, 9.17) is 9.47 Å². The first-order valence-corrected chi connectivity index (χ1v) is 8.08. The fourth-order valence-corrected chi connectivity index (χ4v) is 2.31. The summed E-state index contributed by atoms with van der Waals surface area (Å²) in [4.78, 5) is 12.4. The highest BCUT2D eigenvalue weighted by Gasteiger charge is 2.20.